The zero-order chi connectivity index (χ0) is 8.31. The molecule has 0 rings (SSSR count). The SMILES string of the molecule is CC(C(=O)O)C(C)C(=O)O.[Y].[Y].[Y].[Y].[Y].[Y].[Y].[Y].[Y].[Y].[Y]. The molecule has 0 aromatic rings. The van der Waals surface area contributed by atoms with E-state index in [-0.39, 0.29) is 360 Å². The molecule has 0 bridgehead atoms. The van der Waals surface area contributed by atoms with Gasteiger partial charge in [0, 0.05) is 360 Å². The quantitative estimate of drug-likeness (QED) is 0.430. The third kappa shape index (κ3) is 49.3. The van der Waals surface area contributed by atoms with Crippen molar-refractivity contribution in [2.75, 3.05) is 0 Å². The van der Waals surface area contributed by atoms with E-state index in [0.29, 0.717) is 0 Å². The topological polar surface area (TPSA) is 74.6 Å². The van der Waals surface area contributed by atoms with Crippen molar-refractivity contribution < 1.29 is 380 Å². The molecule has 2 unspecified atom stereocenters. The van der Waals surface area contributed by atoms with Gasteiger partial charge in [0.05, 0.1) is 11.8 Å². The van der Waals surface area contributed by atoms with Crippen LogP contribution in [0.25, 0.3) is 0 Å². The zero-order valence-corrected chi connectivity index (χ0v) is 43.4. The fourth-order valence-electron chi connectivity index (χ4n) is 0.428. The molecule has 0 aliphatic heterocycles. The van der Waals surface area contributed by atoms with Gasteiger partial charge in [-0.2, -0.15) is 0 Å². The molecule has 91 valence electrons. The molecule has 0 aromatic carbocycles. The average molecular weight is 1120 g/mol. The molecular formula is C6H10O4Y11. The molecule has 0 heterocycles. The van der Waals surface area contributed by atoms with Crippen molar-refractivity contribution in [1.82, 2.24) is 0 Å². The standard InChI is InChI=1S/C6H10O4.11Y/c1-3(5(7)8)4(2)6(9)10;;;;;;;;;;;/h3-4H,1-2H3,(H,7,8)(H,9,10);;;;;;;;;;;. The van der Waals surface area contributed by atoms with Crippen molar-refractivity contribution in [3.8, 4) is 0 Å². The first-order valence-electron chi connectivity index (χ1n) is 2.92. The smallest absolute Gasteiger partial charge is 0.307 e. The molecule has 0 saturated carbocycles. The summed E-state index contributed by atoms with van der Waals surface area (Å²) in [6.07, 6.45) is 0. The number of rotatable bonds is 3. The minimum atomic E-state index is -1.07. The Bertz CT molecular complexity index is 155. The number of carboxylic acids is 2. The van der Waals surface area contributed by atoms with Crippen LogP contribution < -0.4 is 0 Å². The number of hydrogen-bond donors (Lipinski definition) is 2. The van der Waals surface area contributed by atoms with E-state index in [2.05, 4.69) is 0 Å². The van der Waals surface area contributed by atoms with Crippen LogP contribution in [0.2, 0.25) is 0 Å². The van der Waals surface area contributed by atoms with Crippen molar-refractivity contribution in [2.24, 2.45) is 11.8 Å². The van der Waals surface area contributed by atoms with Crippen LogP contribution >= 0.6 is 0 Å². The fourth-order valence-corrected chi connectivity index (χ4v) is 0.428. The van der Waals surface area contributed by atoms with E-state index in [0.717, 1.165) is 0 Å². The van der Waals surface area contributed by atoms with E-state index in [1.54, 1.807) is 0 Å². The number of carbonyl (C=O) groups is 2. The molecule has 15 heteroatoms. The Labute approximate surface area is 404 Å². The minimum Gasteiger partial charge on any atom is -0.481 e. The molecule has 0 aliphatic carbocycles. The van der Waals surface area contributed by atoms with Crippen LogP contribution in [-0.2, 0) is 369 Å². The zero-order valence-electron chi connectivity index (χ0n) is 12.2. The van der Waals surface area contributed by atoms with Gasteiger partial charge in [-0.3, -0.25) is 9.59 Å². The van der Waals surface area contributed by atoms with Gasteiger partial charge in [0.2, 0.25) is 0 Å². The van der Waals surface area contributed by atoms with Crippen LogP contribution in [0.15, 0.2) is 0 Å². The van der Waals surface area contributed by atoms with Gasteiger partial charge in [-0.25, -0.2) is 0 Å². The summed E-state index contributed by atoms with van der Waals surface area (Å²) in [4.78, 5) is 20.4. The molecule has 0 saturated heterocycles. The summed E-state index contributed by atoms with van der Waals surface area (Å²) < 4.78 is 0. The van der Waals surface area contributed by atoms with Gasteiger partial charge < -0.3 is 10.2 Å². The van der Waals surface area contributed by atoms with E-state index in [9.17, 15) is 9.59 Å². The summed E-state index contributed by atoms with van der Waals surface area (Å²) in [5.41, 5.74) is 0. The van der Waals surface area contributed by atoms with Crippen LogP contribution in [-0.4, -0.2) is 22.2 Å². The third-order valence-electron chi connectivity index (χ3n) is 1.53. The van der Waals surface area contributed by atoms with Crippen molar-refractivity contribution in [2.45, 2.75) is 13.8 Å². The molecule has 0 aromatic heterocycles. The molecule has 21 heavy (non-hydrogen) atoms. The Morgan fingerprint density at radius 3 is 0.667 bits per heavy atom. The van der Waals surface area contributed by atoms with Crippen molar-refractivity contribution in [1.29, 1.82) is 0 Å². The largest absolute Gasteiger partial charge is 0.481 e. The normalized spacial score (nSPS) is 7.52. The van der Waals surface area contributed by atoms with E-state index in [1.807, 2.05) is 0 Å². The molecule has 2 N–H and O–H groups in total. The van der Waals surface area contributed by atoms with Crippen LogP contribution in [0.4, 0.5) is 0 Å². The second kappa shape index (κ2) is 52.8. The van der Waals surface area contributed by atoms with Crippen molar-refractivity contribution in [3.05, 3.63) is 0 Å². The maximum Gasteiger partial charge on any atom is 0.307 e. The van der Waals surface area contributed by atoms with E-state index >= 15 is 0 Å². The number of aliphatic carboxylic acids is 2. The Morgan fingerprint density at radius 1 is 0.524 bits per heavy atom. The molecule has 11 radical (unpaired) electrons. The monoisotopic (exact) mass is 1120 g/mol. The van der Waals surface area contributed by atoms with Crippen LogP contribution in [0.1, 0.15) is 13.8 Å². The van der Waals surface area contributed by atoms with Gasteiger partial charge in [0.25, 0.3) is 0 Å². The first kappa shape index (κ1) is 76.9. The van der Waals surface area contributed by atoms with E-state index in [4.69, 9.17) is 10.2 Å². The number of hydrogen-bond acceptors (Lipinski definition) is 2. The maximum absolute atomic E-state index is 10.2. The summed E-state index contributed by atoms with van der Waals surface area (Å²) >= 11 is 0. The van der Waals surface area contributed by atoms with E-state index < -0.39 is 23.8 Å². The number of carboxylic acid groups (broad SMARTS) is 2. The third-order valence-corrected chi connectivity index (χ3v) is 1.53. The molecule has 0 fully saturated rings. The summed E-state index contributed by atoms with van der Waals surface area (Å²) in [5.74, 6) is -3.79. The predicted octanol–water partition coefficient (Wildman–Crippen LogP) is 0.400. The van der Waals surface area contributed by atoms with Gasteiger partial charge in [0.15, 0.2) is 0 Å². The molecule has 0 aliphatic rings. The predicted molar refractivity (Wildman–Crippen MR) is 33.6 cm³/mol. The van der Waals surface area contributed by atoms with E-state index in [1.165, 1.54) is 13.8 Å². The summed E-state index contributed by atoms with van der Waals surface area (Å²) in [7, 11) is 0. The molecular weight excluding hydrogens is 1110 g/mol. The van der Waals surface area contributed by atoms with Gasteiger partial charge in [-0.15, -0.1) is 0 Å². The molecule has 0 spiro atoms. The average Bonchev–Trinajstić information content (AvgIpc) is 1.84. The Kier molecular flexibility index (Phi) is 193. The van der Waals surface area contributed by atoms with Gasteiger partial charge >= 0.3 is 11.9 Å². The Balaban J connectivity index is -0.00000000736. The van der Waals surface area contributed by atoms with Crippen LogP contribution in [0.3, 0.4) is 0 Å². The first-order chi connectivity index (χ1) is 4.46. The Morgan fingerprint density at radius 2 is 0.619 bits per heavy atom. The summed E-state index contributed by atoms with van der Waals surface area (Å²) in [6, 6.07) is 0. The van der Waals surface area contributed by atoms with Crippen LogP contribution in [0, 0.1) is 11.8 Å². The molecule has 0 amide bonds. The second-order valence-electron chi connectivity index (χ2n) is 2.25. The van der Waals surface area contributed by atoms with Gasteiger partial charge in [-0.1, -0.05) is 13.8 Å². The molecule has 4 nitrogen and oxygen atoms in total. The molecule has 2 atom stereocenters. The van der Waals surface area contributed by atoms with Gasteiger partial charge in [0.1, 0.15) is 0 Å². The summed E-state index contributed by atoms with van der Waals surface area (Å²) in [5, 5.41) is 16.7. The Hall–Kier alpha value is 11.1. The second-order valence-corrected chi connectivity index (χ2v) is 2.25. The van der Waals surface area contributed by atoms with Crippen molar-refractivity contribution >= 4 is 11.9 Å². The maximum atomic E-state index is 10.2. The first-order valence-corrected chi connectivity index (χ1v) is 2.92. The van der Waals surface area contributed by atoms with Crippen LogP contribution in [0.5, 0.6) is 0 Å². The van der Waals surface area contributed by atoms with Crippen molar-refractivity contribution in [3.63, 3.8) is 0 Å². The summed E-state index contributed by atoms with van der Waals surface area (Å²) in [6.45, 7) is 2.75. The fraction of sp³-hybridized carbons (Fsp3) is 0.667. The van der Waals surface area contributed by atoms with Gasteiger partial charge in [-0.05, 0) is 0 Å². The minimum absolute atomic E-state index is 0.